The highest BCUT2D eigenvalue weighted by atomic mass is 16.5. The number of hydrogen-bond donors (Lipinski definition) is 1. The molecule has 4 heteroatoms. The van der Waals surface area contributed by atoms with Crippen LogP contribution in [0.5, 0.6) is 5.88 Å². The second-order valence-corrected chi connectivity index (χ2v) is 5.43. The highest BCUT2D eigenvalue weighted by Gasteiger charge is 2.21. The molecule has 0 saturated heterocycles. The van der Waals surface area contributed by atoms with Gasteiger partial charge < -0.3 is 9.84 Å². The molecule has 106 valence electrons. The Kier molecular flexibility index (Phi) is 5.58. The third-order valence-electron chi connectivity index (χ3n) is 4.02. The second-order valence-electron chi connectivity index (χ2n) is 5.43. The van der Waals surface area contributed by atoms with Crippen molar-refractivity contribution < 1.29 is 9.84 Å². The van der Waals surface area contributed by atoms with Crippen molar-refractivity contribution in [3.63, 3.8) is 0 Å². The van der Waals surface area contributed by atoms with E-state index in [2.05, 4.69) is 9.97 Å². The van der Waals surface area contributed by atoms with Crippen molar-refractivity contribution >= 4 is 0 Å². The number of hydrogen-bond acceptors (Lipinski definition) is 4. The molecule has 1 N–H and O–H groups in total. The zero-order chi connectivity index (χ0) is 13.5. The molecule has 4 nitrogen and oxygen atoms in total. The normalized spacial score (nSPS) is 19.5. The van der Waals surface area contributed by atoms with E-state index in [1.54, 1.807) is 7.11 Å². The molecular weight excluding hydrogens is 240 g/mol. The Balaban J connectivity index is 1.92. The van der Waals surface area contributed by atoms with Crippen LogP contribution in [0.15, 0.2) is 12.4 Å². The van der Waals surface area contributed by atoms with E-state index in [0.717, 1.165) is 18.5 Å². The molecule has 1 fully saturated rings. The summed E-state index contributed by atoms with van der Waals surface area (Å²) in [6.07, 6.45) is 10.6. The topological polar surface area (TPSA) is 55.2 Å². The number of ether oxygens (including phenoxy) is 1. The van der Waals surface area contributed by atoms with E-state index >= 15 is 0 Å². The summed E-state index contributed by atoms with van der Waals surface area (Å²) in [5.41, 5.74) is 0.862. The van der Waals surface area contributed by atoms with Crippen LogP contribution in [0.3, 0.4) is 0 Å². The number of aliphatic hydroxyl groups is 1. The first-order valence-electron chi connectivity index (χ1n) is 7.32. The summed E-state index contributed by atoms with van der Waals surface area (Å²) in [6.45, 7) is 0. The molecule has 0 amide bonds. The average Bonchev–Trinajstić information content (AvgIpc) is 2.38. The van der Waals surface area contributed by atoms with E-state index in [4.69, 9.17) is 4.74 Å². The van der Waals surface area contributed by atoms with Gasteiger partial charge in [0.2, 0.25) is 5.88 Å². The SMILES string of the molecule is COc1cc(CC(O)C2CCCCCCC2)ncn1. The summed E-state index contributed by atoms with van der Waals surface area (Å²) >= 11 is 0. The largest absolute Gasteiger partial charge is 0.481 e. The van der Waals surface area contributed by atoms with E-state index in [9.17, 15) is 5.11 Å². The molecule has 1 heterocycles. The molecule has 1 aliphatic carbocycles. The first-order valence-corrected chi connectivity index (χ1v) is 7.32. The fourth-order valence-electron chi connectivity index (χ4n) is 2.85. The van der Waals surface area contributed by atoms with Crippen molar-refractivity contribution in [1.29, 1.82) is 0 Å². The van der Waals surface area contributed by atoms with Gasteiger partial charge in [-0.15, -0.1) is 0 Å². The maximum atomic E-state index is 10.4. The number of methoxy groups -OCH3 is 1. The Morgan fingerprint density at radius 3 is 2.58 bits per heavy atom. The molecular formula is C15H24N2O2. The molecule has 1 atom stereocenters. The molecule has 2 rings (SSSR count). The maximum absolute atomic E-state index is 10.4. The van der Waals surface area contributed by atoms with Crippen LogP contribution in [-0.2, 0) is 6.42 Å². The third-order valence-corrected chi connectivity index (χ3v) is 4.02. The van der Waals surface area contributed by atoms with E-state index in [-0.39, 0.29) is 6.10 Å². The number of nitrogens with zero attached hydrogens (tertiary/aromatic N) is 2. The lowest BCUT2D eigenvalue weighted by molar-refractivity contribution is 0.0904. The Morgan fingerprint density at radius 1 is 1.21 bits per heavy atom. The highest BCUT2D eigenvalue weighted by molar-refractivity contribution is 5.14. The van der Waals surface area contributed by atoms with Gasteiger partial charge in [-0.2, -0.15) is 0 Å². The predicted molar refractivity (Wildman–Crippen MR) is 74.1 cm³/mol. The Hall–Kier alpha value is -1.16. The zero-order valence-electron chi connectivity index (χ0n) is 11.7. The zero-order valence-corrected chi connectivity index (χ0v) is 11.7. The van der Waals surface area contributed by atoms with Crippen molar-refractivity contribution in [3.05, 3.63) is 18.1 Å². The summed E-state index contributed by atoms with van der Waals surface area (Å²) < 4.78 is 5.09. The van der Waals surface area contributed by atoms with Gasteiger partial charge >= 0.3 is 0 Å². The lowest BCUT2D eigenvalue weighted by Gasteiger charge is -2.24. The van der Waals surface area contributed by atoms with Gasteiger partial charge in [0.15, 0.2) is 0 Å². The van der Waals surface area contributed by atoms with Gasteiger partial charge in [0.25, 0.3) is 0 Å². The van der Waals surface area contributed by atoms with Crippen LogP contribution in [0, 0.1) is 5.92 Å². The molecule has 19 heavy (non-hydrogen) atoms. The van der Waals surface area contributed by atoms with Gasteiger partial charge in [0.05, 0.1) is 18.9 Å². The minimum Gasteiger partial charge on any atom is -0.481 e. The average molecular weight is 264 g/mol. The summed E-state index contributed by atoms with van der Waals surface area (Å²) in [7, 11) is 1.59. The second kappa shape index (κ2) is 7.43. The first kappa shape index (κ1) is 14.3. The van der Waals surface area contributed by atoms with Gasteiger partial charge in [-0.1, -0.05) is 32.1 Å². The Morgan fingerprint density at radius 2 is 1.89 bits per heavy atom. The molecule has 1 aromatic heterocycles. The van der Waals surface area contributed by atoms with Gasteiger partial charge in [-0.3, -0.25) is 0 Å². The van der Waals surface area contributed by atoms with Crippen molar-refractivity contribution in [1.82, 2.24) is 9.97 Å². The molecule has 1 saturated carbocycles. The first-order chi connectivity index (χ1) is 9.29. The van der Waals surface area contributed by atoms with Crippen molar-refractivity contribution in [2.75, 3.05) is 7.11 Å². The summed E-state index contributed by atoms with van der Waals surface area (Å²) in [5.74, 6) is 0.983. The number of rotatable bonds is 4. The molecule has 1 aliphatic rings. The maximum Gasteiger partial charge on any atom is 0.216 e. The van der Waals surface area contributed by atoms with E-state index < -0.39 is 0 Å². The van der Waals surface area contributed by atoms with Crippen LogP contribution in [0.25, 0.3) is 0 Å². The minimum atomic E-state index is -0.294. The monoisotopic (exact) mass is 264 g/mol. The van der Waals surface area contributed by atoms with Crippen LogP contribution >= 0.6 is 0 Å². The fourth-order valence-corrected chi connectivity index (χ4v) is 2.85. The van der Waals surface area contributed by atoms with Gasteiger partial charge in [-0.25, -0.2) is 9.97 Å². The van der Waals surface area contributed by atoms with E-state index in [1.807, 2.05) is 6.07 Å². The fraction of sp³-hybridized carbons (Fsp3) is 0.733. The quantitative estimate of drug-likeness (QED) is 0.908. The van der Waals surface area contributed by atoms with Crippen LogP contribution in [0.4, 0.5) is 0 Å². The van der Waals surface area contributed by atoms with E-state index in [0.29, 0.717) is 18.2 Å². The molecule has 0 aliphatic heterocycles. The molecule has 0 bridgehead atoms. The van der Waals surface area contributed by atoms with Crippen LogP contribution in [0.2, 0.25) is 0 Å². The molecule has 0 spiro atoms. The number of aliphatic hydroxyl groups excluding tert-OH is 1. The predicted octanol–water partition coefficient (Wildman–Crippen LogP) is 2.75. The smallest absolute Gasteiger partial charge is 0.216 e. The Labute approximate surface area is 115 Å². The Bertz CT molecular complexity index is 376. The van der Waals surface area contributed by atoms with E-state index in [1.165, 1.54) is 38.4 Å². The summed E-state index contributed by atoms with van der Waals surface area (Å²) in [4.78, 5) is 8.20. The summed E-state index contributed by atoms with van der Waals surface area (Å²) in [6, 6.07) is 1.81. The van der Waals surface area contributed by atoms with Gasteiger partial charge in [0.1, 0.15) is 6.33 Å². The molecule has 0 aromatic carbocycles. The standard InChI is InChI=1S/C15H24N2O2/c1-19-15-10-13(16-11-17-15)9-14(18)12-7-5-3-2-4-6-8-12/h10-12,14,18H,2-9H2,1H3. The molecule has 1 aromatic rings. The van der Waals surface area contributed by atoms with Crippen LogP contribution < -0.4 is 4.74 Å². The van der Waals surface area contributed by atoms with Crippen molar-refractivity contribution in [3.8, 4) is 5.88 Å². The molecule has 0 radical (unpaired) electrons. The minimum absolute atomic E-state index is 0.294. The van der Waals surface area contributed by atoms with Gasteiger partial charge in [0, 0.05) is 12.5 Å². The third kappa shape index (κ3) is 4.46. The molecule has 1 unspecified atom stereocenters. The van der Waals surface area contributed by atoms with Crippen LogP contribution in [-0.4, -0.2) is 28.3 Å². The highest BCUT2D eigenvalue weighted by Crippen LogP contribution is 2.26. The lowest BCUT2D eigenvalue weighted by atomic mass is 9.85. The van der Waals surface area contributed by atoms with Crippen molar-refractivity contribution in [2.45, 2.75) is 57.5 Å². The van der Waals surface area contributed by atoms with Gasteiger partial charge in [-0.05, 0) is 18.8 Å². The van der Waals surface area contributed by atoms with Crippen LogP contribution in [0.1, 0.15) is 50.6 Å². The number of aromatic nitrogens is 2. The lowest BCUT2D eigenvalue weighted by Crippen LogP contribution is -2.24. The van der Waals surface area contributed by atoms with Crippen molar-refractivity contribution in [2.24, 2.45) is 5.92 Å². The summed E-state index contributed by atoms with van der Waals surface area (Å²) in [5, 5.41) is 10.4.